The molecule has 0 aliphatic carbocycles. The summed E-state index contributed by atoms with van der Waals surface area (Å²) in [6.45, 7) is 1.97. The smallest absolute Gasteiger partial charge is 0.289 e. The molecule has 2 amide bonds. The highest BCUT2D eigenvalue weighted by Crippen LogP contribution is 2.12. The monoisotopic (exact) mass is 274 g/mol. The Morgan fingerprint density at radius 2 is 1.20 bits per heavy atom. The summed E-state index contributed by atoms with van der Waals surface area (Å²) in [5, 5.41) is 0. The van der Waals surface area contributed by atoms with Gasteiger partial charge in [-0.05, 0) is 24.3 Å². The molecular formula is C14H14N2O4. The van der Waals surface area contributed by atoms with Crippen molar-refractivity contribution in [2.75, 3.05) is 26.2 Å². The van der Waals surface area contributed by atoms with Crippen LogP contribution in [0.25, 0.3) is 0 Å². The molecule has 104 valence electrons. The Labute approximate surface area is 115 Å². The van der Waals surface area contributed by atoms with Crippen molar-refractivity contribution in [3.63, 3.8) is 0 Å². The summed E-state index contributed by atoms with van der Waals surface area (Å²) in [5.41, 5.74) is 0. The maximum absolute atomic E-state index is 12.1. The number of carbonyl (C=O) groups is 2. The predicted octanol–water partition coefficient (Wildman–Crippen LogP) is 1.47. The lowest BCUT2D eigenvalue weighted by Gasteiger charge is -2.33. The summed E-state index contributed by atoms with van der Waals surface area (Å²) in [7, 11) is 0. The number of amides is 2. The van der Waals surface area contributed by atoms with Crippen LogP contribution in [-0.4, -0.2) is 47.8 Å². The average Bonchev–Trinajstić information content (AvgIpc) is 3.18. The van der Waals surface area contributed by atoms with Gasteiger partial charge in [0.15, 0.2) is 11.5 Å². The van der Waals surface area contributed by atoms with Crippen molar-refractivity contribution >= 4 is 11.8 Å². The molecule has 2 aromatic heterocycles. The summed E-state index contributed by atoms with van der Waals surface area (Å²) in [6, 6.07) is 6.65. The van der Waals surface area contributed by atoms with E-state index >= 15 is 0 Å². The fraction of sp³-hybridized carbons (Fsp3) is 0.286. The van der Waals surface area contributed by atoms with Gasteiger partial charge < -0.3 is 18.6 Å². The van der Waals surface area contributed by atoms with Crippen LogP contribution in [0.1, 0.15) is 21.1 Å². The molecule has 20 heavy (non-hydrogen) atoms. The quantitative estimate of drug-likeness (QED) is 0.831. The first-order chi connectivity index (χ1) is 9.75. The van der Waals surface area contributed by atoms with E-state index in [1.165, 1.54) is 12.5 Å². The van der Waals surface area contributed by atoms with Gasteiger partial charge in [0.25, 0.3) is 11.8 Å². The first kappa shape index (κ1) is 12.5. The molecule has 0 aromatic carbocycles. The van der Waals surface area contributed by atoms with Crippen molar-refractivity contribution in [3.8, 4) is 0 Å². The minimum absolute atomic E-state index is 0.139. The molecule has 1 fully saturated rings. The van der Waals surface area contributed by atoms with E-state index in [1.54, 1.807) is 34.1 Å². The molecule has 3 rings (SSSR count). The molecule has 1 saturated heterocycles. The number of carbonyl (C=O) groups excluding carboxylic acids is 2. The molecule has 0 unspecified atom stereocenters. The van der Waals surface area contributed by atoms with E-state index in [0.717, 1.165) is 0 Å². The Hall–Kier alpha value is -2.50. The zero-order chi connectivity index (χ0) is 13.9. The van der Waals surface area contributed by atoms with Crippen molar-refractivity contribution in [1.29, 1.82) is 0 Å². The number of hydrogen-bond donors (Lipinski definition) is 0. The van der Waals surface area contributed by atoms with Crippen LogP contribution in [0, 0.1) is 0 Å². The Morgan fingerprint density at radius 1 is 0.800 bits per heavy atom. The Bertz CT molecular complexity index is 526. The Morgan fingerprint density at radius 3 is 1.50 bits per heavy atom. The number of piperazine rings is 1. The molecule has 2 aromatic rings. The number of hydrogen-bond acceptors (Lipinski definition) is 4. The first-order valence-electron chi connectivity index (χ1n) is 6.41. The van der Waals surface area contributed by atoms with Gasteiger partial charge in [0.05, 0.1) is 12.5 Å². The second-order valence-corrected chi connectivity index (χ2v) is 4.54. The summed E-state index contributed by atoms with van der Waals surface area (Å²) in [4.78, 5) is 27.5. The maximum atomic E-state index is 12.1. The minimum Gasteiger partial charge on any atom is -0.459 e. The van der Waals surface area contributed by atoms with E-state index in [1.807, 2.05) is 0 Å². The van der Waals surface area contributed by atoms with E-state index < -0.39 is 0 Å². The van der Waals surface area contributed by atoms with Crippen LogP contribution < -0.4 is 0 Å². The van der Waals surface area contributed by atoms with Crippen LogP contribution in [0.4, 0.5) is 0 Å². The molecule has 0 spiro atoms. The lowest BCUT2D eigenvalue weighted by Crippen LogP contribution is -2.50. The van der Waals surface area contributed by atoms with E-state index in [9.17, 15) is 9.59 Å². The molecule has 1 aliphatic heterocycles. The largest absolute Gasteiger partial charge is 0.459 e. The van der Waals surface area contributed by atoms with Gasteiger partial charge in [0, 0.05) is 26.2 Å². The Kier molecular flexibility index (Phi) is 3.28. The Balaban J connectivity index is 1.60. The van der Waals surface area contributed by atoms with Crippen LogP contribution in [0.15, 0.2) is 45.6 Å². The van der Waals surface area contributed by atoms with Crippen molar-refractivity contribution in [3.05, 3.63) is 48.3 Å². The fourth-order valence-electron chi connectivity index (χ4n) is 2.22. The maximum Gasteiger partial charge on any atom is 0.289 e. The average molecular weight is 274 g/mol. The molecule has 0 radical (unpaired) electrons. The predicted molar refractivity (Wildman–Crippen MR) is 69.2 cm³/mol. The SMILES string of the molecule is O=C(c1ccco1)N1CCN(C(=O)c2ccco2)CC1. The van der Waals surface area contributed by atoms with Crippen molar-refractivity contribution in [1.82, 2.24) is 9.80 Å². The zero-order valence-electron chi connectivity index (χ0n) is 10.8. The molecule has 0 bridgehead atoms. The van der Waals surface area contributed by atoms with Crippen LogP contribution in [0.5, 0.6) is 0 Å². The van der Waals surface area contributed by atoms with Gasteiger partial charge in [-0.1, -0.05) is 0 Å². The molecule has 0 saturated carbocycles. The van der Waals surface area contributed by atoms with E-state index in [0.29, 0.717) is 37.7 Å². The molecule has 0 N–H and O–H groups in total. The van der Waals surface area contributed by atoms with Crippen LogP contribution in [0.3, 0.4) is 0 Å². The third-order valence-electron chi connectivity index (χ3n) is 3.32. The summed E-state index contributed by atoms with van der Waals surface area (Å²) >= 11 is 0. The summed E-state index contributed by atoms with van der Waals surface area (Å²) in [5.74, 6) is 0.381. The van der Waals surface area contributed by atoms with Crippen LogP contribution in [-0.2, 0) is 0 Å². The van der Waals surface area contributed by atoms with Gasteiger partial charge in [0.1, 0.15) is 0 Å². The second-order valence-electron chi connectivity index (χ2n) is 4.54. The zero-order valence-corrected chi connectivity index (χ0v) is 10.8. The highest BCUT2D eigenvalue weighted by molar-refractivity contribution is 5.93. The van der Waals surface area contributed by atoms with Gasteiger partial charge in [-0.15, -0.1) is 0 Å². The molecular weight excluding hydrogens is 260 g/mol. The number of furan rings is 2. The van der Waals surface area contributed by atoms with Crippen LogP contribution in [0.2, 0.25) is 0 Å². The van der Waals surface area contributed by atoms with Crippen LogP contribution >= 0.6 is 0 Å². The lowest BCUT2D eigenvalue weighted by molar-refractivity contribution is 0.0502. The lowest BCUT2D eigenvalue weighted by atomic mass is 10.2. The highest BCUT2D eigenvalue weighted by Gasteiger charge is 2.27. The first-order valence-corrected chi connectivity index (χ1v) is 6.41. The number of nitrogens with zero attached hydrogens (tertiary/aromatic N) is 2. The van der Waals surface area contributed by atoms with Gasteiger partial charge >= 0.3 is 0 Å². The summed E-state index contributed by atoms with van der Waals surface area (Å²) < 4.78 is 10.2. The van der Waals surface area contributed by atoms with Gasteiger partial charge in [0.2, 0.25) is 0 Å². The minimum atomic E-state index is -0.139. The van der Waals surface area contributed by atoms with Gasteiger partial charge in [-0.2, -0.15) is 0 Å². The normalized spacial score (nSPS) is 15.4. The standard InChI is InChI=1S/C14H14N2O4/c17-13(11-3-1-9-19-11)15-5-7-16(8-6-15)14(18)12-4-2-10-20-12/h1-4,9-10H,5-8H2. The third kappa shape index (κ3) is 2.32. The second kappa shape index (κ2) is 5.24. The highest BCUT2D eigenvalue weighted by atomic mass is 16.3. The molecule has 6 heteroatoms. The van der Waals surface area contributed by atoms with Gasteiger partial charge in [-0.25, -0.2) is 0 Å². The molecule has 0 atom stereocenters. The van der Waals surface area contributed by atoms with E-state index in [-0.39, 0.29) is 11.8 Å². The van der Waals surface area contributed by atoms with Gasteiger partial charge in [-0.3, -0.25) is 9.59 Å². The van der Waals surface area contributed by atoms with Crippen molar-refractivity contribution in [2.45, 2.75) is 0 Å². The fourth-order valence-corrected chi connectivity index (χ4v) is 2.22. The third-order valence-corrected chi connectivity index (χ3v) is 3.32. The topological polar surface area (TPSA) is 66.9 Å². The van der Waals surface area contributed by atoms with Crippen molar-refractivity contribution in [2.24, 2.45) is 0 Å². The van der Waals surface area contributed by atoms with Crippen molar-refractivity contribution < 1.29 is 18.4 Å². The molecule has 3 heterocycles. The summed E-state index contributed by atoms with van der Waals surface area (Å²) in [6.07, 6.45) is 2.95. The number of rotatable bonds is 2. The molecule has 6 nitrogen and oxygen atoms in total. The van der Waals surface area contributed by atoms with E-state index in [2.05, 4.69) is 0 Å². The van der Waals surface area contributed by atoms with E-state index in [4.69, 9.17) is 8.83 Å². The molecule has 1 aliphatic rings.